The molecule has 1 heterocycles. The maximum atomic E-state index is 12.6. The Bertz CT molecular complexity index is 675. The molecule has 24 heavy (non-hydrogen) atoms. The van der Waals surface area contributed by atoms with Gasteiger partial charge in [-0.25, -0.2) is 8.42 Å². The monoisotopic (exact) mass is 413 g/mol. The molecule has 132 valence electrons. The summed E-state index contributed by atoms with van der Waals surface area (Å²) >= 11 is 3.39. The molecule has 4 nitrogen and oxygen atoms in total. The number of amides is 1. The van der Waals surface area contributed by atoms with E-state index in [4.69, 9.17) is 0 Å². The van der Waals surface area contributed by atoms with Crippen molar-refractivity contribution in [1.29, 1.82) is 0 Å². The van der Waals surface area contributed by atoms with E-state index in [0.29, 0.717) is 25.9 Å². The van der Waals surface area contributed by atoms with Crippen LogP contribution >= 0.6 is 15.9 Å². The fourth-order valence-electron chi connectivity index (χ4n) is 3.58. The van der Waals surface area contributed by atoms with E-state index in [1.165, 1.54) is 0 Å². The normalized spacial score (nSPS) is 20.0. The molecule has 0 spiro atoms. The van der Waals surface area contributed by atoms with E-state index >= 15 is 0 Å². The molecule has 0 aromatic heterocycles. The first-order chi connectivity index (χ1) is 11.5. The first-order valence-electron chi connectivity index (χ1n) is 8.72. The molecule has 1 amide bonds. The Morgan fingerprint density at radius 1 is 1.04 bits per heavy atom. The van der Waals surface area contributed by atoms with Gasteiger partial charge in [-0.3, -0.25) is 4.79 Å². The number of sulfone groups is 1. The van der Waals surface area contributed by atoms with E-state index in [1.54, 1.807) is 4.90 Å². The standard InChI is InChI=1S/C18H24BrNO3S/c19-15-9-6-14(7-10-15)8-11-18(21)20-12-17(13-20)24(22,23)16-4-2-1-3-5-16/h6-7,9-10,16-17H,1-5,8,11-13H2. The molecular formula is C18H24BrNO3S. The Hall–Kier alpha value is -0.880. The summed E-state index contributed by atoms with van der Waals surface area (Å²) in [4.78, 5) is 13.9. The molecule has 2 aliphatic rings. The number of hydrogen-bond donors (Lipinski definition) is 0. The number of rotatable bonds is 5. The third-order valence-corrected chi connectivity index (χ3v) is 8.38. The summed E-state index contributed by atoms with van der Waals surface area (Å²) in [7, 11) is -3.06. The van der Waals surface area contributed by atoms with Crippen molar-refractivity contribution in [2.45, 2.75) is 55.4 Å². The van der Waals surface area contributed by atoms with Gasteiger partial charge in [-0.05, 0) is 37.0 Å². The average molecular weight is 414 g/mol. The van der Waals surface area contributed by atoms with Crippen molar-refractivity contribution in [3.05, 3.63) is 34.3 Å². The molecule has 1 aromatic rings. The number of carbonyl (C=O) groups excluding carboxylic acids is 1. The molecule has 2 fully saturated rings. The van der Waals surface area contributed by atoms with E-state index in [9.17, 15) is 13.2 Å². The Kier molecular flexibility index (Phi) is 5.65. The second-order valence-corrected chi connectivity index (χ2v) is 10.3. The summed E-state index contributed by atoms with van der Waals surface area (Å²) < 4.78 is 26.2. The number of aryl methyl sites for hydroxylation is 1. The molecule has 1 saturated carbocycles. The van der Waals surface area contributed by atoms with Crippen LogP contribution < -0.4 is 0 Å². The summed E-state index contributed by atoms with van der Waals surface area (Å²) in [5.41, 5.74) is 1.12. The van der Waals surface area contributed by atoms with Crippen molar-refractivity contribution in [2.24, 2.45) is 0 Å². The lowest BCUT2D eigenvalue weighted by Gasteiger charge is -2.41. The van der Waals surface area contributed by atoms with Crippen LogP contribution in [0.1, 0.15) is 44.1 Å². The zero-order chi connectivity index (χ0) is 17.2. The van der Waals surface area contributed by atoms with Gasteiger partial charge in [0.1, 0.15) is 0 Å². The highest BCUT2D eigenvalue weighted by molar-refractivity contribution is 9.10. The van der Waals surface area contributed by atoms with Gasteiger partial charge in [-0.15, -0.1) is 0 Å². The van der Waals surface area contributed by atoms with Gasteiger partial charge in [0.2, 0.25) is 5.91 Å². The quantitative estimate of drug-likeness (QED) is 0.743. The highest BCUT2D eigenvalue weighted by Gasteiger charge is 2.43. The second-order valence-electron chi connectivity index (χ2n) is 6.90. The van der Waals surface area contributed by atoms with Crippen molar-refractivity contribution in [2.75, 3.05) is 13.1 Å². The van der Waals surface area contributed by atoms with Gasteiger partial charge in [0.25, 0.3) is 0 Å². The summed E-state index contributed by atoms with van der Waals surface area (Å²) in [6.45, 7) is 0.774. The van der Waals surface area contributed by atoms with Crippen LogP contribution in [0, 0.1) is 0 Å². The van der Waals surface area contributed by atoms with Crippen LogP contribution in [0.15, 0.2) is 28.7 Å². The molecular weight excluding hydrogens is 390 g/mol. The third-order valence-electron chi connectivity index (χ3n) is 5.22. The lowest BCUT2D eigenvalue weighted by molar-refractivity contribution is -0.134. The number of hydrogen-bond acceptors (Lipinski definition) is 3. The topological polar surface area (TPSA) is 54.5 Å². The molecule has 0 N–H and O–H groups in total. The second kappa shape index (κ2) is 7.56. The molecule has 1 aliphatic carbocycles. The minimum atomic E-state index is -3.06. The largest absolute Gasteiger partial charge is 0.340 e. The zero-order valence-electron chi connectivity index (χ0n) is 13.8. The molecule has 6 heteroatoms. The first-order valence-corrected chi connectivity index (χ1v) is 11.1. The van der Waals surface area contributed by atoms with E-state index in [2.05, 4.69) is 15.9 Å². The van der Waals surface area contributed by atoms with Crippen LogP contribution in [-0.4, -0.2) is 42.8 Å². The zero-order valence-corrected chi connectivity index (χ0v) is 16.2. The lowest BCUT2D eigenvalue weighted by Crippen LogP contribution is -2.58. The Morgan fingerprint density at radius 3 is 2.29 bits per heavy atom. The fraction of sp³-hybridized carbons (Fsp3) is 0.611. The fourth-order valence-corrected chi connectivity index (χ4v) is 6.15. The van der Waals surface area contributed by atoms with Crippen molar-refractivity contribution < 1.29 is 13.2 Å². The van der Waals surface area contributed by atoms with Gasteiger partial charge < -0.3 is 4.90 Å². The van der Waals surface area contributed by atoms with Crippen LogP contribution in [0.4, 0.5) is 0 Å². The van der Waals surface area contributed by atoms with Crippen molar-refractivity contribution >= 4 is 31.7 Å². The number of benzene rings is 1. The highest BCUT2D eigenvalue weighted by atomic mass is 79.9. The van der Waals surface area contributed by atoms with Crippen LogP contribution in [0.3, 0.4) is 0 Å². The number of likely N-dealkylation sites (tertiary alicyclic amines) is 1. The van der Waals surface area contributed by atoms with Gasteiger partial charge in [0.15, 0.2) is 9.84 Å². The molecule has 0 unspecified atom stereocenters. The summed E-state index contributed by atoms with van der Waals surface area (Å²) in [6.07, 6.45) is 5.93. The van der Waals surface area contributed by atoms with Gasteiger partial charge in [-0.2, -0.15) is 0 Å². The van der Waals surface area contributed by atoms with Gasteiger partial charge in [0.05, 0.1) is 10.5 Å². The molecule has 0 bridgehead atoms. The minimum Gasteiger partial charge on any atom is -0.340 e. The molecule has 3 rings (SSSR count). The van der Waals surface area contributed by atoms with Crippen LogP contribution in [-0.2, 0) is 21.1 Å². The SMILES string of the molecule is O=C(CCc1ccc(Br)cc1)N1CC(S(=O)(=O)C2CCCCC2)C1. The van der Waals surface area contributed by atoms with E-state index in [-0.39, 0.29) is 16.4 Å². The average Bonchev–Trinajstić information content (AvgIpc) is 2.53. The third kappa shape index (κ3) is 4.02. The van der Waals surface area contributed by atoms with Crippen LogP contribution in [0.25, 0.3) is 0 Å². The van der Waals surface area contributed by atoms with Crippen molar-refractivity contribution in [1.82, 2.24) is 4.90 Å². The Morgan fingerprint density at radius 2 is 1.67 bits per heavy atom. The van der Waals surface area contributed by atoms with E-state index in [1.807, 2.05) is 24.3 Å². The number of nitrogens with zero attached hydrogens (tertiary/aromatic N) is 1. The van der Waals surface area contributed by atoms with Gasteiger partial charge in [0, 0.05) is 24.0 Å². The highest BCUT2D eigenvalue weighted by Crippen LogP contribution is 2.30. The summed E-state index contributed by atoms with van der Waals surface area (Å²) in [5.74, 6) is 0.0630. The molecule has 0 atom stereocenters. The Labute approximate surface area is 152 Å². The summed E-state index contributed by atoms with van der Waals surface area (Å²) in [6, 6.07) is 7.94. The number of carbonyl (C=O) groups is 1. The molecule has 1 saturated heterocycles. The minimum absolute atomic E-state index is 0.0630. The maximum absolute atomic E-state index is 12.6. The van der Waals surface area contributed by atoms with Crippen molar-refractivity contribution in [3.63, 3.8) is 0 Å². The predicted molar refractivity (Wildman–Crippen MR) is 98.6 cm³/mol. The maximum Gasteiger partial charge on any atom is 0.222 e. The molecule has 0 radical (unpaired) electrons. The van der Waals surface area contributed by atoms with Gasteiger partial charge in [-0.1, -0.05) is 47.3 Å². The van der Waals surface area contributed by atoms with Gasteiger partial charge >= 0.3 is 0 Å². The van der Waals surface area contributed by atoms with Crippen molar-refractivity contribution in [3.8, 4) is 0 Å². The predicted octanol–water partition coefficient (Wildman–Crippen LogP) is 3.34. The van der Waals surface area contributed by atoms with E-state index in [0.717, 1.165) is 42.1 Å². The first kappa shape index (κ1) is 17.9. The lowest BCUT2D eigenvalue weighted by atomic mass is 10.0. The smallest absolute Gasteiger partial charge is 0.222 e. The Balaban J connectivity index is 1.47. The van der Waals surface area contributed by atoms with Crippen LogP contribution in [0.2, 0.25) is 0 Å². The number of halogens is 1. The molecule has 1 aromatic carbocycles. The summed E-state index contributed by atoms with van der Waals surface area (Å²) in [5, 5.41) is -0.506. The molecule has 1 aliphatic heterocycles. The van der Waals surface area contributed by atoms with Crippen LogP contribution in [0.5, 0.6) is 0 Å². The van der Waals surface area contributed by atoms with E-state index < -0.39 is 9.84 Å².